The van der Waals surface area contributed by atoms with E-state index in [1.165, 1.54) is 0 Å². The van der Waals surface area contributed by atoms with Crippen molar-refractivity contribution in [3.63, 3.8) is 0 Å². The standard InChI is InChI=1S/C17H15NO3/c1-11(17(18)19)20-15-9-5-3-7-13(15)16-10-12-6-2-4-8-14(12)21-16/h2-11H,1H3,(H2,18,19). The highest BCUT2D eigenvalue weighted by molar-refractivity contribution is 5.84. The average molecular weight is 281 g/mol. The second-order valence-electron chi connectivity index (χ2n) is 4.81. The van der Waals surface area contributed by atoms with Gasteiger partial charge in [-0.3, -0.25) is 4.79 Å². The lowest BCUT2D eigenvalue weighted by atomic mass is 10.1. The van der Waals surface area contributed by atoms with Gasteiger partial charge < -0.3 is 14.9 Å². The number of benzene rings is 2. The number of fused-ring (bicyclic) bond motifs is 1. The molecule has 106 valence electrons. The number of carbonyl (C=O) groups is 1. The molecule has 1 unspecified atom stereocenters. The summed E-state index contributed by atoms with van der Waals surface area (Å²) in [4.78, 5) is 11.2. The van der Waals surface area contributed by atoms with E-state index in [1.807, 2.05) is 48.5 Å². The van der Waals surface area contributed by atoms with E-state index in [1.54, 1.807) is 13.0 Å². The molecule has 0 saturated carbocycles. The van der Waals surface area contributed by atoms with Crippen LogP contribution < -0.4 is 10.5 Å². The molecule has 4 nitrogen and oxygen atoms in total. The fourth-order valence-corrected chi connectivity index (χ4v) is 2.14. The Kier molecular flexibility index (Phi) is 3.36. The Bertz CT molecular complexity index is 758. The van der Waals surface area contributed by atoms with Gasteiger partial charge in [0, 0.05) is 5.39 Å². The number of hydrogen-bond acceptors (Lipinski definition) is 3. The molecule has 3 aromatic rings. The molecule has 0 aliphatic heterocycles. The lowest BCUT2D eigenvalue weighted by Gasteiger charge is -2.13. The van der Waals surface area contributed by atoms with Crippen molar-refractivity contribution in [1.29, 1.82) is 0 Å². The van der Waals surface area contributed by atoms with Crippen molar-refractivity contribution >= 4 is 16.9 Å². The van der Waals surface area contributed by atoms with Crippen molar-refractivity contribution in [3.05, 3.63) is 54.6 Å². The van der Waals surface area contributed by atoms with Gasteiger partial charge in [-0.2, -0.15) is 0 Å². The Balaban J connectivity index is 2.03. The van der Waals surface area contributed by atoms with Crippen LogP contribution in [0.1, 0.15) is 6.92 Å². The molecule has 2 N–H and O–H groups in total. The van der Waals surface area contributed by atoms with Crippen LogP contribution in [0.2, 0.25) is 0 Å². The molecule has 0 aliphatic carbocycles. The molecular weight excluding hydrogens is 266 g/mol. The first-order valence-corrected chi connectivity index (χ1v) is 6.69. The fourth-order valence-electron chi connectivity index (χ4n) is 2.14. The molecule has 1 aromatic heterocycles. The van der Waals surface area contributed by atoms with E-state index >= 15 is 0 Å². The van der Waals surface area contributed by atoms with Gasteiger partial charge in [-0.1, -0.05) is 30.3 Å². The van der Waals surface area contributed by atoms with Gasteiger partial charge >= 0.3 is 0 Å². The highest BCUT2D eigenvalue weighted by Gasteiger charge is 2.15. The van der Waals surface area contributed by atoms with Gasteiger partial charge in [0.15, 0.2) is 6.10 Å². The van der Waals surface area contributed by atoms with Crippen LogP contribution in [0.5, 0.6) is 5.75 Å². The number of ether oxygens (including phenoxy) is 1. The summed E-state index contributed by atoms with van der Waals surface area (Å²) < 4.78 is 11.5. The van der Waals surface area contributed by atoms with E-state index in [2.05, 4.69) is 0 Å². The van der Waals surface area contributed by atoms with Crippen LogP contribution in [0, 0.1) is 0 Å². The lowest BCUT2D eigenvalue weighted by Crippen LogP contribution is -2.30. The Morgan fingerprint density at radius 3 is 2.62 bits per heavy atom. The molecule has 1 amide bonds. The zero-order valence-corrected chi connectivity index (χ0v) is 11.6. The molecule has 0 bridgehead atoms. The van der Waals surface area contributed by atoms with Gasteiger partial charge in [0.05, 0.1) is 5.56 Å². The summed E-state index contributed by atoms with van der Waals surface area (Å²) in [5.41, 5.74) is 6.85. The highest BCUT2D eigenvalue weighted by Crippen LogP contribution is 2.34. The second kappa shape index (κ2) is 5.32. The van der Waals surface area contributed by atoms with Crippen LogP contribution in [0.25, 0.3) is 22.3 Å². The molecule has 0 radical (unpaired) electrons. The first-order valence-electron chi connectivity index (χ1n) is 6.69. The van der Waals surface area contributed by atoms with Gasteiger partial charge in [0.25, 0.3) is 5.91 Å². The summed E-state index contributed by atoms with van der Waals surface area (Å²) in [6.07, 6.45) is -0.699. The van der Waals surface area contributed by atoms with Crippen LogP contribution in [0.4, 0.5) is 0 Å². The molecule has 0 saturated heterocycles. The number of amides is 1. The number of carbonyl (C=O) groups excluding carboxylic acids is 1. The van der Waals surface area contributed by atoms with Crippen molar-refractivity contribution in [3.8, 4) is 17.1 Å². The lowest BCUT2D eigenvalue weighted by molar-refractivity contribution is -0.123. The summed E-state index contributed by atoms with van der Waals surface area (Å²) in [5, 5.41) is 1.02. The molecule has 1 atom stereocenters. The van der Waals surface area contributed by atoms with E-state index in [9.17, 15) is 4.79 Å². The smallest absolute Gasteiger partial charge is 0.258 e. The van der Waals surface area contributed by atoms with E-state index in [-0.39, 0.29) is 0 Å². The summed E-state index contributed by atoms with van der Waals surface area (Å²) in [6.45, 7) is 1.62. The van der Waals surface area contributed by atoms with Crippen LogP contribution in [0.3, 0.4) is 0 Å². The molecule has 2 aromatic carbocycles. The van der Waals surface area contributed by atoms with Crippen molar-refractivity contribution in [1.82, 2.24) is 0 Å². The largest absolute Gasteiger partial charge is 0.480 e. The molecule has 0 fully saturated rings. The number of nitrogens with two attached hydrogens (primary N) is 1. The van der Waals surface area contributed by atoms with Crippen LogP contribution in [-0.4, -0.2) is 12.0 Å². The zero-order valence-electron chi connectivity index (χ0n) is 11.6. The van der Waals surface area contributed by atoms with Crippen LogP contribution in [0.15, 0.2) is 59.0 Å². The van der Waals surface area contributed by atoms with E-state index < -0.39 is 12.0 Å². The summed E-state index contributed by atoms with van der Waals surface area (Å²) in [5.74, 6) is 0.765. The van der Waals surface area contributed by atoms with Gasteiger partial charge in [0.2, 0.25) is 0 Å². The molecule has 4 heteroatoms. The first-order chi connectivity index (χ1) is 10.1. The van der Waals surface area contributed by atoms with Gasteiger partial charge in [-0.05, 0) is 31.2 Å². The maximum atomic E-state index is 11.2. The van der Waals surface area contributed by atoms with E-state index in [4.69, 9.17) is 14.9 Å². The quantitative estimate of drug-likeness (QED) is 0.797. The summed E-state index contributed by atoms with van der Waals surface area (Å²) >= 11 is 0. The third kappa shape index (κ3) is 2.60. The minimum absolute atomic E-state index is 0.505. The molecular formula is C17H15NO3. The molecule has 3 rings (SSSR count). The van der Waals surface area contributed by atoms with Gasteiger partial charge in [0.1, 0.15) is 17.1 Å². The number of furan rings is 1. The monoisotopic (exact) mass is 281 g/mol. The number of hydrogen-bond donors (Lipinski definition) is 1. The van der Waals surface area contributed by atoms with Gasteiger partial charge in [-0.15, -0.1) is 0 Å². The second-order valence-corrected chi connectivity index (χ2v) is 4.81. The van der Waals surface area contributed by atoms with E-state index in [0.717, 1.165) is 16.5 Å². The molecule has 1 heterocycles. The van der Waals surface area contributed by atoms with Crippen molar-refractivity contribution in [2.45, 2.75) is 13.0 Å². The van der Waals surface area contributed by atoms with Crippen molar-refractivity contribution in [2.24, 2.45) is 5.73 Å². The molecule has 0 aliphatic rings. The normalized spacial score (nSPS) is 12.2. The minimum atomic E-state index is -0.699. The Morgan fingerprint density at radius 2 is 1.86 bits per heavy atom. The summed E-state index contributed by atoms with van der Waals surface area (Å²) in [6, 6.07) is 17.1. The predicted octanol–water partition coefficient (Wildman–Crippen LogP) is 3.35. The predicted molar refractivity (Wildman–Crippen MR) is 80.9 cm³/mol. The SMILES string of the molecule is CC(Oc1ccccc1-c1cc2ccccc2o1)C(N)=O. The minimum Gasteiger partial charge on any atom is -0.480 e. The zero-order chi connectivity index (χ0) is 14.8. The van der Waals surface area contributed by atoms with Crippen LogP contribution in [-0.2, 0) is 4.79 Å². The molecule has 21 heavy (non-hydrogen) atoms. The van der Waals surface area contributed by atoms with Crippen molar-refractivity contribution in [2.75, 3.05) is 0 Å². The van der Waals surface area contributed by atoms with Crippen molar-refractivity contribution < 1.29 is 13.9 Å². The summed E-state index contributed by atoms with van der Waals surface area (Å²) in [7, 11) is 0. The topological polar surface area (TPSA) is 65.5 Å². The van der Waals surface area contributed by atoms with Gasteiger partial charge in [-0.25, -0.2) is 0 Å². The van der Waals surface area contributed by atoms with E-state index in [0.29, 0.717) is 11.5 Å². The maximum Gasteiger partial charge on any atom is 0.258 e. The fraction of sp³-hybridized carbons (Fsp3) is 0.118. The van der Waals surface area contributed by atoms with Crippen LogP contribution >= 0.6 is 0 Å². The highest BCUT2D eigenvalue weighted by atomic mass is 16.5. The first kappa shape index (κ1) is 13.2. The number of rotatable bonds is 4. The number of para-hydroxylation sites is 2. The third-order valence-corrected chi connectivity index (χ3v) is 3.28. The average Bonchev–Trinajstić information content (AvgIpc) is 2.91. The Hall–Kier alpha value is -2.75. The Morgan fingerprint density at radius 1 is 1.14 bits per heavy atom. The molecule has 0 spiro atoms. The third-order valence-electron chi connectivity index (χ3n) is 3.28. The maximum absolute atomic E-state index is 11.2. The number of primary amides is 1. The Labute approximate surface area is 122 Å².